The Kier molecular flexibility index (Phi) is 8.37. The number of carboxylic acid groups (broad SMARTS) is 1. The van der Waals surface area contributed by atoms with E-state index >= 15 is 0 Å². The van der Waals surface area contributed by atoms with Crippen LogP contribution in [-0.4, -0.2) is 34.3 Å². The topological polar surface area (TPSA) is 76.8 Å². The van der Waals surface area contributed by atoms with Crippen LogP contribution in [0.15, 0.2) is 72.9 Å². The van der Waals surface area contributed by atoms with Crippen molar-refractivity contribution in [1.82, 2.24) is 9.78 Å². The molecule has 1 aromatic heterocycles. The Bertz CT molecular complexity index is 1480. The average Bonchev–Trinajstić information content (AvgIpc) is 3.31. The van der Waals surface area contributed by atoms with Gasteiger partial charge in [0.25, 0.3) is 0 Å². The zero-order chi connectivity index (χ0) is 29.0. The quantitative estimate of drug-likeness (QED) is 0.225. The first-order valence-corrected chi connectivity index (χ1v) is 12.6. The molecule has 210 valence electrons. The van der Waals surface area contributed by atoms with Crippen molar-refractivity contribution < 1.29 is 32.5 Å². The summed E-state index contributed by atoms with van der Waals surface area (Å²) in [6, 6.07) is 18.3. The van der Waals surface area contributed by atoms with E-state index in [1.165, 1.54) is 22.9 Å². The standard InChI is InChI=1S/C30H30F3N3O4/c1-19(2)24-16-34-36(26-7-5-6-8-28(26)40-30(31,32)33)27(24)18-39-23-13-14-25(20(3)15-23)35(4)17-21-9-11-22(12-10-21)29(37)38/h5-16,19H,17-18H2,1-4H3,(H,37,38). The Labute approximate surface area is 230 Å². The third-order valence-electron chi connectivity index (χ3n) is 6.42. The summed E-state index contributed by atoms with van der Waals surface area (Å²) in [6.45, 7) is 6.58. The molecule has 0 bridgehead atoms. The highest BCUT2D eigenvalue weighted by Crippen LogP contribution is 2.32. The van der Waals surface area contributed by atoms with Crippen molar-refractivity contribution in [1.29, 1.82) is 0 Å². The highest BCUT2D eigenvalue weighted by molar-refractivity contribution is 5.87. The number of ether oxygens (including phenoxy) is 2. The molecule has 0 aliphatic heterocycles. The predicted octanol–water partition coefficient (Wildman–Crippen LogP) is 7.12. The molecule has 10 heteroatoms. The van der Waals surface area contributed by atoms with E-state index in [1.807, 2.05) is 46.0 Å². The molecule has 40 heavy (non-hydrogen) atoms. The Balaban J connectivity index is 1.53. The molecule has 0 amide bonds. The van der Waals surface area contributed by atoms with Gasteiger partial charge in [-0.2, -0.15) is 5.10 Å². The number of alkyl halides is 3. The third-order valence-corrected chi connectivity index (χ3v) is 6.42. The number of benzene rings is 3. The summed E-state index contributed by atoms with van der Waals surface area (Å²) < 4.78 is 50.9. The second-order valence-electron chi connectivity index (χ2n) is 9.72. The normalized spacial score (nSPS) is 11.5. The third kappa shape index (κ3) is 6.74. The zero-order valence-electron chi connectivity index (χ0n) is 22.6. The zero-order valence-corrected chi connectivity index (χ0v) is 22.6. The fraction of sp³-hybridized carbons (Fsp3) is 0.267. The van der Waals surface area contributed by atoms with Crippen LogP contribution in [0.25, 0.3) is 5.69 Å². The molecule has 0 spiro atoms. The van der Waals surface area contributed by atoms with Gasteiger partial charge in [0.05, 0.1) is 17.5 Å². The van der Waals surface area contributed by atoms with Crippen molar-refractivity contribution in [2.75, 3.05) is 11.9 Å². The maximum Gasteiger partial charge on any atom is 0.573 e. The fourth-order valence-electron chi connectivity index (χ4n) is 4.47. The van der Waals surface area contributed by atoms with Crippen LogP contribution in [0.1, 0.15) is 52.5 Å². The first kappa shape index (κ1) is 28.5. The second kappa shape index (κ2) is 11.7. The molecule has 1 heterocycles. The van der Waals surface area contributed by atoms with Crippen LogP contribution in [0.4, 0.5) is 18.9 Å². The maximum absolute atomic E-state index is 13.0. The fourth-order valence-corrected chi connectivity index (χ4v) is 4.47. The number of aryl methyl sites for hydroxylation is 1. The number of carbonyl (C=O) groups is 1. The first-order valence-electron chi connectivity index (χ1n) is 12.6. The number of rotatable bonds is 10. The molecular formula is C30H30F3N3O4. The van der Waals surface area contributed by atoms with Crippen molar-refractivity contribution in [3.63, 3.8) is 0 Å². The second-order valence-corrected chi connectivity index (χ2v) is 9.72. The van der Waals surface area contributed by atoms with Crippen LogP contribution >= 0.6 is 0 Å². The summed E-state index contributed by atoms with van der Waals surface area (Å²) in [5.41, 5.74) is 4.78. The van der Waals surface area contributed by atoms with Crippen molar-refractivity contribution >= 4 is 11.7 Å². The minimum Gasteiger partial charge on any atom is -0.487 e. The van der Waals surface area contributed by atoms with Gasteiger partial charge in [0.15, 0.2) is 5.75 Å². The van der Waals surface area contributed by atoms with Gasteiger partial charge >= 0.3 is 12.3 Å². The van der Waals surface area contributed by atoms with Gasteiger partial charge in [0, 0.05) is 19.3 Å². The molecule has 1 N–H and O–H groups in total. The van der Waals surface area contributed by atoms with E-state index in [0.717, 1.165) is 22.4 Å². The Morgan fingerprint density at radius 3 is 2.40 bits per heavy atom. The monoisotopic (exact) mass is 553 g/mol. The van der Waals surface area contributed by atoms with Gasteiger partial charge in [0.1, 0.15) is 18.0 Å². The minimum absolute atomic E-state index is 0.0605. The molecular weight excluding hydrogens is 523 g/mol. The van der Waals surface area contributed by atoms with Crippen molar-refractivity contribution in [2.24, 2.45) is 0 Å². The summed E-state index contributed by atoms with van der Waals surface area (Å²) in [6.07, 6.45) is -3.20. The van der Waals surface area contributed by atoms with Gasteiger partial charge in [-0.3, -0.25) is 0 Å². The Morgan fingerprint density at radius 2 is 1.77 bits per heavy atom. The number of aromatic carboxylic acids is 1. The van der Waals surface area contributed by atoms with E-state index in [2.05, 4.69) is 14.7 Å². The number of hydrogen-bond acceptors (Lipinski definition) is 5. The van der Waals surface area contributed by atoms with Crippen LogP contribution in [0.5, 0.6) is 11.5 Å². The van der Waals surface area contributed by atoms with Gasteiger partial charge in [-0.15, -0.1) is 13.2 Å². The molecule has 0 saturated heterocycles. The maximum atomic E-state index is 13.0. The molecule has 3 aromatic carbocycles. The summed E-state index contributed by atoms with van der Waals surface area (Å²) in [7, 11) is 1.95. The molecule has 0 aliphatic rings. The lowest BCUT2D eigenvalue weighted by molar-refractivity contribution is -0.274. The molecule has 0 unspecified atom stereocenters. The van der Waals surface area contributed by atoms with Crippen LogP contribution in [0, 0.1) is 6.92 Å². The molecule has 0 saturated carbocycles. The predicted molar refractivity (Wildman–Crippen MR) is 145 cm³/mol. The van der Waals surface area contributed by atoms with Gasteiger partial charge < -0.3 is 19.5 Å². The number of para-hydroxylation sites is 2. The van der Waals surface area contributed by atoms with E-state index < -0.39 is 12.3 Å². The van der Waals surface area contributed by atoms with Crippen molar-refractivity contribution in [3.8, 4) is 17.2 Å². The molecule has 0 fully saturated rings. The first-order chi connectivity index (χ1) is 18.9. The summed E-state index contributed by atoms with van der Waals surface area (Å²) in [5.74, 6) is -0.655. The van der Waals surface area contributed by atoms with Crippen LogP contribution < -0.4 is 14.4 Å². The molecule has 4 aromatic rings. The van der Waals surface area contributed by atoms with E-state index in [4.69, 9.17) is 9.84 Å². The SMILES string of the molecule is Cc1cc(OCc2c(C(C)C)cnn2-c2ccccc2OC(F)(F)F)ccc1N(C)Cc1ccc(C(=O)O)cc1. The van der Waals surface area contributed by atoms with Crippen molar-refractivity contribution in [3.05, 3.63) is 101 Å². The van der Waals surface area contributed by atoms with Crippen LogP contribution in [0.2, 0.25) is 0 Å². The van der Waals surface area contributed by atoms with E-state index in [9.17, 15) is 18.0 Å². The Morgan fingerprint density at radius 1 is 1.07 bits per heavy atom. The molecule has 0 radical (unpaired) electrons. The smallest absolute Gasteiger partial charge is 0.487 e. The molecule has 0 aliphatic carbocycles. The summed E-state index contributed by atoms with van der Waals surface area (Å²) >= 11 is 0. The number of halogens is 3. The van der Waals surface area contributed by atoms with Crippen LogP contribution in [-0.2, 0) is 13.2 Å². The highest BCUT2D eigenvalue weighted by Gasteiger charge is 2.32. The van der Waals surface area contributed by atoms with E-state index in [-0.39, 0.29) is 29.5 Å². The van der Waals surface area contributed by atoms with Gasteiger partial charge in [-0.05, 0) is 72.0 Å². The van der Waals surface area contributed by atoms with E-state index in [1.54, 1.807) is 36.5 Å². The largest absolute Gasteiger partial charge is 0.573 e. The minimum atomic E-state index is -4.84. The number of nitrogens with zero attached hydrogens (tertiary/aromatic N) is 3. The number of aromatic nitrogens is 2. The van der Waals surface area contributed by atoms with Gasteiger partial charge in [0.2, 0.25) is 0 Å². The molecule has 7 nitrogen and oxygen atoms in total. The van der Waals surface area contributed by atoms with Crippen molar-refractivity contribution in [2.45, 2.75) is 46.2 Å². The van der Waals surface area contributed by atoms with Gasteiger partial charge in [-0.25, -0.2) is 9.48 Å². The Hall–Kier alpha value is -4.47. The number of carboxylic acids is 1. The van der Waals surface area contributed by atoms with E-state index in [0.29, 0.717) is 18.0 Å². The number of anilines is 1. The lowest BCUT2D eigenvalue weighted by Gasteiger charge is -2.22. The summed E-state index contributed by atoms with van der Waals surface area (Å²) in [4.78, 5) is 13.1. The number of hydrogen-bond donors (Lipinski definition) is 1. The molecule has 4 rings (SSSR count). The van der Waals surface area contributed by atoms with Crippen LogP contribution in [0.3, 0.4) is 0 Å². The summed E-state index contributed by atoms with van der Waals surface area (Å²) in [5, 5.41) is 13.5. The lowest BCUT2D eigenvalue weighted by atomic mass is 10.0. The average molecular weight is 554 g/mol. The highest BCUT2D eigenvalue weighted by atomic mass is 19.4. The lowest BCUT2D eigenvalue weighted by Crippen LogP contribution is -2.19. The molecule has 0 atom stereocenters. The van der Waals surface area contributed by atoms with Gasteiger partial charge in [-0.1, -0.05) is 38.1 Å².